The van der Waals surface area contributed by atoms with Crippen molar-refractivity contribution in [3.63, 3.8) is 0 Å². The maximum absolute atomic E-state index is 2.36. The molecule has 0 saturated carbocycles. The molecule has 0 aliphatic carbocycles. The van der Waals surface area contributed by atoms with Gasteiger partial charge in [-0.2, -0.15) is 0 Å². The highest BCUT2D eigenvalue weighted by molar-refractivity contribution is 5.33. The molecule has 0 radical (unpaired) electrons. The smallest absolute Gasteiger partial charge is 0.0117 e. The summed E-state index contributed by atoms with van der Waals surface area (Å²) in [6.45, 7) is 6.97. The highest BCUT2D eigenvalue weighted by atomic mass is 14.3. The lowest BCUT2D eigenvalue weighted by atomic mass is 9.76. The van der Waals surface area contributed by atoms with Crippen LogP contribution < -0.4 is 0 Å². The van der Waals surface area contributed by atoms with Crippen molar-refractivity contribution >= 4 is 0 Å². The fourth-order valence-electron chi connectivity index (χ4n) is 2.51. The second kappa shape index (κ2) is 5.86. The molecular weight excluding hydrogens is 216 g/mol. The van der Waals surface area contributed by atoms with Crippen molar-refractivity contribution in [2.45, 2.75) is 26.7 Å². The van der Waals surface area contributed by atoms with Crippen LogP contribution in [0.3, 0.4) is 0 Å². The molecule has 94 valence electrons. The van der Waals surface area contributed by atoms with Gasteiger partial charge in [-0.25, -0.2) is 0 Å². The van der Waals surface area contributed by atoms with Gasteiger partial charge in [0, 0.05) is 5.92 Å². The summed E-state index contributed by atoms with van der Waals surface area (Å²) in [6, 6.07) is 21.7. The minimum absolute atomic E-state index is 0.493. The third-order valence-electron chi connectivity index (χ3n) is 3.89. The lowest BCUT2D eigenvalue weighted by molar-refractivity contribution is 0.378. The van der Waals surface area contributed by atoms with Crippen LogP contribution >= 0.6 is 0 Å². The highest BCUT2D eigenvalue weighted by Gasteiger charge is 2.23. The average Bonchev–Trinajstić information content (AvgIpc) is 2.41. The zero-order chi connectivity index (χ0) is 13.0. The Morgan fingerprint density at radius 3 is 1.33 bits per heavy atom. The molecule has 18 heavy (non-hydrogen) atoms. The zero-order valence-electron chi connectivity index (χ0n) is 11.5. The van der Waals surface area contributed by atoms with E-state index in [1.165, 1.54) is 11.1 Å². The summed E-state index contributed by atoms with van der Waals surface area (Å²) in [7, 11) is 0. The summed E-state index contributed by atoms with van der Waals surface area (Å²) in [6.07, 6.45) is 0. The van der Waals surface area contributed by atoms with Gasteiger partial charge in [-0.3, -0.25) is 0 Å². The van der Waals surface area contributed by atoms with Crippen LogP contribution in [0.2, 0.25) is 0 Å². The normalized spacial score (nSPS) is 12.9. The molecule has 0 spiro atoms. The monoisotopic (exact) mass is 238 g/mol. The van der Waals surface area contributed by atoms with E-state index in [-0.39, 0.29) is 0 Å². The minimum Gasteiger partial charge on any atom is -0.0625 e. The van der Waals surface area contributed by atoms with Gasteiger partial charge in [-0.15, -0.1) is 0 Å². The molecule has 0 nitrogen and oxygen atoms in total. The van der Waals surface area contributed by atoms with Crippen LogP contribution in [0.15, 0.2) is 60.7 Å². The lowest BCUT2D eigenvalue weighted by Crippen LogP contribution is -2.16. The number of rotatable bonds is 4. The van der Waals surface area contributed by atoms with Crippen LogP contribution in [-0.4, -0.2) is 0 Å². The second-order valence-electron chi connectivity index (χ2n) is 5.40. The van der Waals surface area contributed by atoms with E-state index < -0.39 is 0 Å². The Morgan fingerprint density at radius 2 is 1.00 bits per heavy atom. The van der Waals surface area contributed by atoms with E-state index in [0.717, 1.165) is 0 Å². The first kappa shape index (κ1) is 12.9. The lowest BCUT2D eigenvalue weighted by Gasteiger charge is -2.28. The van der Waals surface area contributed by atoms with Crippen LogP contribution in [0.1, 0.15) is 37.8 Å². The predicted octanol–water partition coefficient (Wildman–Crippen LogP) is 5.11. The van der Waals surface area contributed by atoms with Crippen molar-refractivity contribution < 1.29 is 0 Å². The van der Waals surface area contributed by atoms with Gasteiger partial charge in [0.05, 0.1) is 0 Å². The highest BCUT2D eigenvalue weighted by Crippen LogP contribution is 2.35. The van der Waals surface area contributed by atoms with Gasteiger partial charge in [0.2, 0.25) is 0 Å². The maximum atomic E-state index is 2.36. The summed E-state index contributed by atoms with van der Waals surface area (Å²) in [4.78, 5) is 0. The topological polar surface area (TPSA) is 0 Å². The Balaban J connectivity index is 2.42. The van der Waals surface area contributed by atoms with Crippen LogP contribution in [0.4, 0.5) is 0 Å². The molecule has 2 aromatic carbocycles. The van der Waals surface area contributed by atoms with E-state index in [9.17, 15) is 0 Å². The minimum atomic E-state index is 0.493. The quantitative estimate of drug-likeness (QED) is 0.694. The van der Waals surface area contributed by atoms with Crippen LogP contribution in [0.25, 0.3) is 0 Å². The molecule has 0 fully saturated rings. The number of hydrogen-bond donors (Lipinski definition) is 0. The van der Waals surface area contributed by atoms with Crippen LogP contribution in [0.5, 0.6) is 0 Å². The third kappa shape index (κ3) is 2.81. The molecule has 0 bridgehead atoms. The fourth-order valence-corrected chi connectivity index (χ4v) is 2.51. The Bertz CT molecular complexity index is 416. The Kier molecular flexibility index (Phi) is 4.19. The Hall–Kier alpha value is -1.56. The summed E-state index contributed by atoms with van der Waals surface area (Å²) in [5.41, 5.74) is 2.84. The SMILES string of the molecule is CC(C)C(C)C(c1ccccc1)c1ccccc1. The van der Waals surface area contributed by atoms with Crippen LogP contribution in [-0.2, 0) is 0 Å². The predicted molar refractivity (Wildman–Crippen MR) is 78.7 cm³/mol. The van der Waals surface area contributed by atoms with E-state index in [1.807, 2.05) is 0 Å². The van der Waals surface area contributed by atoms with E-state index in [4.69, 9.17) is 0 Å². The molecule has 0 N–H and O–H groups in total. The van der Waals surface area contributed by atoms with Gasteiger partial charge in [-0.1, -0.05) is 81.4 Å². The zero-order valence-corrected chi connectivity index (χ0v) is 11.5. The molecule has 0 saturated heterocycles. The van der Waals surface area contributed by atoms with Gasteiger partial charge in [-0.05, 0) is 23.0 Å². The van der Waals surface area contributed by atoms with Crippen LogP contribution in [0, 0.1) is 11.8 Å². The van der Waals surface area contributed by atoms with E-state index in [2.05, 4.69) is 81.4 Å². The molecule has 2 aromatic rings. The van der Waals surface area contributed by atoms with Crippen molar-refractivity contribution in [2.75, 3.05) is 0 Å². The van der Waals surface area contributed by atoms with Gasteiger partial charge in [0.25, 0.3) is 0 Å². The van der Waals surface area contributed by atoms with E-state index in [1.54, 1.807) is 0 Å². The number of benzene rings is 2. The van der Waals surface area contributed by atoms with Gasteiger partial charge >= 0.3 is 0 Å². The molecule has 2 rings (SSSR count). The first-order chi connectivity index (χ1) is 8.70. The maximum Gasteiger partial charge on any atom is 0.0117 e. The first-order valence-corrected chi connectivity index (χ1v) is 6.80. The molecule has 0 aliphatic heterocycles. The second-order valence-corrected chi connectivity index (χ2v) is 5.40. The molecule has 0 aromatic heterocycles. The largest absolute Gasteiger partial charge is 0.0625 e. The summed E-state index contributed by atoms with van der Waals surface area (Å²) in [5, 5.41) is 0. The van der Waals surface area contributed by atoms with Crippen molar-refractivity contribution in [3.05, 3.63) is 71.8 Å². The molecule has 0 amide bonds. The summed E-state index contributed by atoms with van der Waals surface area (Å²) < 4.78 is 0. The standard InChI is InChI=1S/C18H22/c1-14(2)15(3)18(16-10-6-4-7-11-16)17-12-8-5-9-13-17/h4-15,18H,1-3H3. The summed E-state index contributed by atoms with van der Waals surface area (Å²) in [5.74, 6) is 1.80. The third-order valence-corrected chi connectivity index (χ3v) is 3.89. The molecule has 1 atom stereocenters. The van der Waals surface area contributed by atoms with Crippen molar-refractivity contribution in [1.82, 2.24) is 0 Å². The molecule has 1 unspecified atom stereocenters. The van der Waals surface area contributed by atoms with Crippen molar-refractivity contribution in [3.8, 4) is 0 Å². The fraction of sp³-hybridized carbons (Fsp3) is 0.333. The Morgan fingerprint density at radius 1 is 0.611 bits per heavy atom. The molecule has 0 heteroatoms. The van der Waals surface area contributed by atoms with E-state index >= 15 is 0 Å². The average molecular weight is 238 g/mol. The molecular formula is C18H22. The van der Waals surface area contributed by atoms with E-state index in [0.29, 0.717) is 17.8 Å². The van der Waals surface area contributed by atoms with Crippen molar-refractivity contribution in [2.24, 2.45) is 11.8 Å². The van der Waals surface area contributed by atoms with Gasteiger partial charge < -0.3 is 0 Å². The Labute approximate surface area is 111 Å². The first-order valence-electron chi connectivity index (χ1n) is 6.80. The van der Waals surface area contributed by atoms with Gasteiger partial charge in [0.1, 0.15) is 0 Å². The molecule has 0 aliphatic rings. The van der Waals surface area contributed by atoms with Crippen molar-refractivity contribution in [1.29, 1.82) is 0 Å². The van der Waals surface area contributed by atoms with Gasteiger partial charge in [0.15, 0.2) is 0 Å². The number of hydrogen-bond acceptors (Lipinski definition) is 0. The summed E-state index contributed by atoms with van der Waals surface area (Å²) >= 11 is 0. The molecule has 0 heterocycles.